The van der Waals surface area contributed by atoms with Crippen LogP contribution in [0.5, 0.6) is 0 Å². The Morgan fingerprint density at radius 1 is 1.29 bits per heavy atom. The summed E-state index contributed by atoms with van der Waals surface area (Å²) in [6, 6.07) is 0.667. The van der Waals surface area contributed by atoms with Crippen molar-refractivity contribution in [3.05, 3.63) is 0 Å². The molecule has 100 valence electrons. The van der Waals surface area contributed by atoms with Crippen LogP contribution in [0.4, 0.5) is 0 Å². The fourth-order valence-corrected chi connectivity index (χ4v) is 3.57. The highest BCUT2D eigenvalue weighted by atomic mass is 16.3. The highest BCUT2D eigenvalue weighted by Crippen LogP contribution is 2.34. The van der Waals surface area contributed by atoms with Gasteiger partial charge >= 0.3 is 0 Å². The van der Waals surface area contributed by atoms with Crippen LogP contribution in [0.15, 0.2) is 0 Å². The molecular weight excluding hydrogens is 212 g/mol. The molecule has 2 rings (SSSR count). The first kappa shape index (κ1) is 13.3. The maximum absolute atomic E-state index is 9.79. The molecule has 0 aromatic carbocycles. The van der Waals surface area contributed by atoms with Crippen LogP contribution in [0.3, 0.4) is 0 Å². The molecule has 2 aliphatic heterocycles. The van der Waals surface area contributed by atoms with E-state index in [0.29, 0.717) is 18.6 Å². The molecule has 0 amide bonds. The number of hydrogen-bond donors (Lipinski definition) is 2. The van der Waals surface area contributed by atoms with Crippen molar-refractivity contribution in [3.8, 4) is 0 Å². The van der Waals surface area contributed by atoms with E-state index in [0.717, 1.165) is 13.0 Å². The van der Waals surface area contributed by atoms with Crippen LogP contribution in [0.2, 0.25) is 0 Å². The van der Waals surface area contributed by atoms with E-state index in [1.807, 2.05) is 0 Å². The van der Waals surface area contributed by atoms with Crippen LogP contribution in [0.25, 0.3) is 0 Å². The van der Waals surface area contributed by atoms with Gasteiger partial charge in [0, 0.05) is 11.6 Å². The van der Waals surface area contributed by atoms with Crippen molar-refractivity contribution in [3.63, 3.8) is 0 Å². The van der Waals surface area contributed by atoms with Crippen molar-refractivity contribution in [1.82, 2.24) is 10.2 Å². The SMILES string of the molecule is CC(C)N1CCC(C2(CO)CCCCN2)CC1. The van der Waals surface area contributed by atoms with Crippen molar-refractivity contribution in [2.24, 2.45) is 5.92 Å². The Bertz CT molecular complexity index is 228. The summed E-state index contributed by atoms with van der Waals surface area (Å²) in [7, 11) is 0. The summed E-state index contributed by atoms with van der Waals surface area (Å²) in [6.07, 6.45) is 6.19. The number of nitrogens with one attached hydrogen (secondary N) is 1. The van der Waals surface area contributed by atoms with Gasteiger partial charge in [0.1, 0.15) is 0 Å². The highest BCUT2D eigenvalue weighted by molar-refractivity contribution is 4.98. The molecule has 2 N–H and O–H groups in total. The predicted octanol–water partition coefficient (Wildman–Crippen LogP) is 1.61. The maximum Gasteiger partial charge on any atom is 0.0616 e. The van der Waals surface area contributed by atoms with Crippen molar-refractivity contribution >= 4 is 0 Å². The summed E-state index contributed by atoms with van der Waals surface area (Å²) in [6.45, 7) is 8.36. The van der Waals surface area contributed by atoms with E-state index in [1.165, 1.54) is 38.8 Å². The van der Waals surface area contributed by atoms with Crippen molar-refractivity contribution < 1.29 is 5.11 Å². The fraction of sp³-hybridized carbons (Fsp3) is 1.00. The molecule has 2 aliphatic rings. The second kappa shape index (κ2) is 5.68. The molecule has 2 fully saturated rings. The molecule has 0 saturated carbocycles. The topological polar surface area (TPSA) is 35.5 Å². The molecule has 0 radical (unpaired) electrons. The van der Waals surface area contributed by atoms with Crippen LogP contribution < -0.4 is 5.32 Å². The third kappa shape index (κ3) is 2.83. The second-order valence-electron chi connectivity index (χ2n) is 6.10. The summed E-state index contributed by atoms with van der Waals surface area (Å²) in [5.41, 5.74) is 0.0430. The minimum absolute atomic E-state index is 0.0430. The van der Waals surface area contributed by atoms with E-state index in [9.17, 15) is 5.11 Å². The molecule has 2 heterocycles. The molecule has 3 nitrogen and oxygen atoms in total. The third-order valence-corrected chi connectivity index (χ3v) is 4.85. The molecular formula is C14H28N2O. The minimum atomic E-state index is 0.0430. The molecule has 0 spiro atoms. The number of rotatable bonds is 3. The Hall–Kier alpha value is -0.120. The lowest BCUT2D eigenvalue weighted by Gasteiger charge is -2.47. The van der Waals surface area contributed by atoms with E-state index >= 15 is 0 Å². The second-order valence-corrected chi connectivity index (χ2v) is 6.10. The van der Waals surface area contributed by atoms with E-state index in [4.69, 9.17) is 0 Å². The van der Waals surface area contributed by atoms with E-state index in [-0.39, 0.29) is 5.54 Å². The first-order valence-electron chi connectivity index (χ1n) is 7.28. The Morgan fingerprint density at radius 3 is 2.47 bits per heavy atom. The highest BCUT2D eigenvalue weighted by Gasteiger charge is 2.40. The number of likely N-dealkylation sites (tertiary alicyclic amines) is 1. The first-order valence-corrected chi connectivity index (χ1v) is 7.28. The van der Waals surface area contributed by atoms with Gasteiger partial charge in [0.2, 0.25) is 0 Å². The summed E-state index contributed by atoms with van der Waals surface area (Å²) < 4.78 is 0. The number of aliphatic hydroxyl groups is 1. The maximum atomic E-state index is 9.79. The minimum Gasteiger partial charge on any atom is -0.394 e. The smallest absolute Gasteiger partial charge is 0.0616 e. The Morgan fingerprint density at radius 2 is 2.00 bits per heavy atom. The Balaban J connectivity index is 1.93. The van der Waals surface area contributed by atoms with Gasteiger partial charge in [-0.2, -0.15) is 0 Å². The van der Waals surface area contributed by atoms with Crippen LogP contribution in [0.1, 0.15) is 46.0 Å². The summed E-state index contributed by atoms with van der Waals surface area (Å²) in [5.74, 6) is 0.669. The molecule has 17 heavy (non-hydrogen) atoms. The van der Waals surface area contributed by atoms with Crippen LogP contribution in [-0.2, 0) is 0 Å². The average molecular weight is 240 g/mol. The summed E-state index contributed by atoms with van der Waals surface area (Å²) in [4.78, 5) is 2.56. The quantitative estimate of drug-likeness (QED) is 0.787. The molecule has 3 heteroatoms. The Labute approximate surface area is 106 Å². The average Bonchev–Trinajstić information content (AvgIpc) is 2.39. The number of aliphatic hydroxyl groups excluding tert-OH is 1. The molecule has 1 unspecified atom stereocenters. The molecule has 2 saturated heterocycles. The van der Waals surface area contributed by atoms with Crippen LogP contribution in [-0.4, -0.2) is 47.8 Å². The van der Waals surface area contributed by atoms with Gasteiger partial charge in [-0.05, 0) is 65.1 Å². The number of piperidine rings is 2. The third-order valence-electron chi connectivity index (χ3n) is 4.85. The normalized spacial score (nSPS) is 33.2. The molecule has 0 bridgehead atoms. The number of nitrogens with zero attached hydrogens (tertiary/aromatic N) is 1. The van der Waals surface area contributed by atoms with Gasteiger partial charge < -0.3 is 15.3 Å². The van der Waals surface area contributed by atoms with Gasteiger partial charge in [0.25, 0.3) is 0 Å². The zero-order chi connectivity index (χ0) is 12.3. The molecule has 0 aliphatic carbocycles. The van der Waals surface area contributed by atoms with E-state index < -0.39 is 0 Å². The number of hydrogen-bond acceptors (Lipinski definition) is 3. The molecule has 0 aromatic heterocycles. The van der Waals surface area contributed by atoms with Crippen LogP contribution >= 0.6 is 0 Å². The fourth-order valence-electron chi connectivity index (χ4n) is 3.57. The standard InChI is InChI=1S/C14H28N2O/c1-12(2)16-9-5-13(6-10-16)14(11-17)7-3-4-8-15-14/h12-13,15,17H,3-11H2,1-2H3. The predicted molar refractivity (Wildman–Crippen MR) is 71.1 cm³/mol. The summed E-state index contributed by atoms with van der Waals surface area (Å²) >= 11 is 0. The molecule has 1 atom stereocenters. The monoisotopic (exact) mass is 240 g/mol. The first-order chi connectivity index (χ1) is 8.18. The zero-order valence-corrected chi connectivity index (χ0v) is 11.4. The summed E-state index contributed by atoms with van der Waals surface area (Å²) in [5, 5.41) is 13.4. The van der Waals surface area contributed by atoms with Crippen LogP contribution in [0, 0.1) is 5.92 Å². The van der Waals surface area contributed by atoms with E-state index in [1.54, 1.807) is 0 Å². The van der Waals surface area contributed by atoms with Gasteiger partial charge in [-0.1, -0.05) is 6.42 Å². The van der Waals surface area contributed by atoms with Gasteiger partial charge in [-0.3, -0.25) is 0 Å². The van der Waals surface area contributed by atoms with Gasteiger partial charge in [-0.15, -0.1) is 0 Å². The van der Waals surface area contributed by atoms with E-state index in [2.05, 4.69) is 24.1 Å². The van der Waals surface area contributed by atoms with Gasteiger partial charge in [0.05, 0.1) is 6.61 Å². The zero-order valence-electron chi connectivity index (χ0n) is 11.4. The van der Waals surface area contributed by atoms with Gasteiger partial charge in [-0.25, -0.2) is 0 Å². The van der Waals surface area contributed by atoms with Crippen molar-refractivity contribution in [2.45, 2.75) is 57.5 Å². The lowest BCUT2D eigenvalue weighted by Crippen LogP contribution is -2.59. The molecule has 0 aromatic rings. The Kier molecular flexibility index (Phi) is 4.45. The van der Waals surface area contributed by atoms with Crippen molar-refractivity contribution in [1.29, 1.82) is 0 Å². The van der Waals surface area contributed by atoms with Gasteiger partial charge in [0.15, 0.2) is 0 Å². The van der Waals surface area contributed by atoms with Crippen molar-refractivity contribution in [2.75, 3.05) is 26.2 Å². The lowest BCUT2D eigenvalue weighted by molar-refractivity contribution is 0.0323. The lowest BCUT2D eigenvalue weighted by atomic mass is 9.73. The largest absolute Gasteiger partial charge is 0.394 e.